The summed E-state index contributed by atoms with van der Waals surface area (Å²) in [6.07, 6.45) is 2.46. The number of fused-ring (bicyclic) bond motifs is 1. The average Bonchev–Trinajstić information content (AvgIpc) is 3.34. The van der Waals surface area contributed by atoms with Gasteiger partial charge in [0, 0.05) is 31.1 Å². The molecule has 2 aromatic rings. The second-order valence-corrected chi connectivity index (χ2v) is 9.04. The van der Waals surface area contributed by atoms with E-state index in [1.165, 1.54) is 5.56 Å². The van der Waals surface area contributed by atoms with Crippen LogP contribution in [0, 0.1) is 5.92 Å². The first kappa shape index (κ1) is 21.5. The van der Waals surface area contributed by atoms with Gasteiger partial charge in [0.25, 0.3) is 0 Å². The topological polar surface area (TPSA) is 71.1 Å². The minimum Gasteiger partial charge on any atom is -0.493 e. The van der Waals surface area contributed by atoms with E-state index in [1.54, 1.807) is 30.5 Å². The van der Waals surface area contributed by atoms with Crippen LogP contribution in [0.5, 0.6) is 11.5 Å². The zero-order chi connectivity index (χ0) is 21.8. The van der Waals surface area contributed by atoms with Crippen LogP contribution in [0.3, 0.4) is 0 Å². The summed E-state index contributed by atoms with van der Waals surface area (Å²) in [5.74, 6) is 1.39. The van der Waals surface area contributed by atoms with E-state index in [-0.39, 0.29) is 17.9 Å². The Labute approximate surface area is 186 Å². The summed E-state index contributed by atoms with van der Waals surface area (Å²) in [5, 5.41) is 4.98. The maximum absolute atomic E-state index is 13.3. The quantitative estimate of drug-likeness (QED) is 0.770. The standard InChI is InChI=1S/C23H29N3O4S/c1-29-20-11-16-7-9-25(15-18(16)12-21(20)30-2)22(27)17-5-3-8-26(14-17)23(28)24-13-19-6-4-10-31-19/h4,6,10-12,17H,3,5,7-9,13-15H2,1-2H3,(H,24,28). The molecule has 3 amide bonds. The highest BCUT2D eigenvalue weighted by molar-refractivity contribution is 7.09. The van der Waals surface area contributed by atoms with Gasteiger partial charge in [0.2, 0.25) is 5.91 Å². The van der Waals surface area contributed by atoms with Gasteiger partial charge < -0.3 is 24.6 Å². The molecule has 0 aliphatic carbocycles. The van der Waals surface area contributed by atoms with Crippen LogP contribution in [0.2, 0.25) is 0 Å². The number of thiophene rings is 1. The lowest BCUT2D eigenvalue weighted by molar-refractivity contribution is -0.137. The Morgan fingerprint density at radius 1 is 1.13 bits per heavy atom. The number of nitrogens with zero attached hydrogens (tertiary/aromatic N) is 2. The second-order valence-electron chi connectivity index (χ2n) is 8.01. The number of nitrogens with one attached hydrogen (secondary N) is 1. The van der Waals surface area contributed by atoms with Crippen molar-refractivity contribution in [3.8, 4) is 11.5 Å². The van der Waals surface area contributed by atoms with E-state index < -0.39 is 0 Å². The predicted octanol–water partition coefficient (Wildman–Crippen LogP) is 3.27. The highest BCUT2D eigenvalue weighted by atomic mass is 32.1. The molecular formula is C23H29N3O4S. The van der Waals surface area contributed by atoms with Gasteiger partial charge in [-0.15, -0.1) is 11.3 Å². The molecule has 1 N–H and O–H groups in total. The predicted molar refractivity (Wildman–Crippen MR) is 120 cm³/mol. The van der Waals surface area contributed by atoms with E-state index in [2.05, 4.69) is 5.32 Å². The van der Waals surface area contributed by atoms with Crippen molar-refractivity contribution in [2.24, 2.45) is 5.92 Å². The van der Waals surface area contributed by atoms with Gasteiger partial charge in [-0.2, -0.15) is 0 Å². The molecule has 2 aliphatic heterocycles. The number of amides is 3. The van der Waals surface area contributed by atoms with Crippen molar-refractivity contribution < 1.29 is 19.1 Å². The van der Waals surface area contributed by atoms with Gasteiger partial charge >= 0.3 is 6.03 Å². The molecule has 166 valence electrons. The van der Waals surface area contributed by atoms with Gasteiger partial charge in [-0.05, 0) is 54.0 Å². The number of methoxy groups -OCH3 is 2. The van der Waals surface area contributed by atoms with Crippen molar-refractivity contribution >= 4 is 23.3 Å². The number of ether oxygens (including phenoxy) is 2. The van der Waals surface area contributed by atoms with Gasteiger partial charge in [0.1, 0.15) is 0 Å². The fourth-order valence-corrected chi connectivity index (χ4v) is 5.02. The van der Waals surface area contributed by atoms with Crippen molar-refractivity contribution in [3.63, 3.8) is 0 Å². The van der Waals surface area contributed by atoms with Crippen molar-refractivity contribution in [1.82, 2.24) is 15.1 Å². The van der Waals surface area contributed by atoms with Crippen LogP contribution < -0.4 is 14.8 Å². The van der Waals surface area contributed by atoms with Gasteiger partial charge in [0.15, 0.2) is 11.5 Å². The van der Waals surface area contributed by atoms with Crippen molar-refractivity contribution in [3.05, 3.63) is 45.6 Å². The Bertz CT molecular complexity index is 931. The minimum absolute atomic E-state index is 0.0910. The molecule has 2 aliphatic rings. The molecule has 1 aromatic heterocycles. The van der Waals surface area contributed by atoms with E-state index >= 15 is 0 Å². The summed E-state index contributed by atoms with van der Waals surface area (Å²) in [7, 11) is 3.25. The SMILES string of the molecule is COc1cc2c(cc1OC)CN(C(=O)C1CCCN(C(=O)NCc3cccs3)C1)CC2. The Hall–Kier alpha value is -2.74. The van der Waals surface area contributed by atoms with E-state index in [0.717, 1.165) is 35.5 Å². The van der Waals surface area contributed by atoms with Gasteiger partial charge in [-0.1, -0.05) is 6.07 Å². The van der Waals surface area contributed by atoms with E-state index in [0.29, 0.717) is 38.5 Å². The fourth-order valence-electron chi connectivity index (χ4n) is 4.38. The van der Waals surface area contributed by atoms with E-state index in [4.69, 9.17) is 9.47 Å². The zero-order valence-electron chi connectivity index (χ0n) is 18.1. The molecule has 7 nitrogen and oxygen atoms in total. The van der Waals surface area contributed by atoms with Crippen LogP contribution in [-0.4, -0.2) is 55.6 Å². The molecule has 8 heteroatoms. The number of likely N-dealkylation sites (tertiary alicyclic amines) is 1. The van der Waals surface area contributed by atoms with Crippen LogP contribution >= 0.6 is 11.3 Å². The van der Waals surface area contributed by atoms with Gasteiger partial charge in [-0.25, -0.2) is 4.79 Å². The van der Waals surface area contributed by atoms with E-state index in [9.17, 15) is 9.59 Å². The Morgan fingerprint density at radius 2 is 1.90 bits per heavy atom. The minimum atomic E-state index is -0.150. The monoisotopic (exact) mass is 443 g/mol. The van der Waals surface area contributed by atoms with Crippen molar-refractivity contribution in [1.29, 1.82) is 0 Å². The van der Waals surface area contributed by atoms with E-state index in [1.807, 2.05) is 34.5 Å². The summed E-state index contributed by atoms with van der Waals surface area (Å²) in [5.41, 5.74) is 2.29. The lowest BCUT2D eigenvalue weighted by atomic mass is 9.93. The highest BCUT2D eigenvalue weighted by Crippen LogP contribution is 2.34. The molecule has 4 rings (SSSR count). The first-order valence-corrected chi connectivity index (χ1v) is 11.5. The summed E-state index contributed by atoms with van der Waals surface area (Å²) >= 11 is 1.62. The molecule has 0 radical (unpaired) electrons. The first-order valence-electron chi connectivity index (χ1n) is 10.7. The number of carbonyl (C=O) groups excluding carboxylic acids is 2. The lowest BCUT2D eigenvalue weighted by Crippen LogP contribution is -2.50. The second kappa shape index (κ2) is 9.60. The third-order valence-electron chi connectivity index (χ3n) is 6.08. The molecule has 1 aromatic carbocycles. The number of carbonyl (C=O) groups is 2. The van der Waals surface area contributed by atoms with Crippen LogP contribution in [0.25, 0.3) is 0 Å². The maximum Gasteiger partial charge on any atom is 0.317 e. The molecule has 3 heterocycles. The number of urea groups is 1. The molecule has 1 unspecified atom stereocenters. The Kier molecular flexibility index (Phi) is 6.65. The molecule has 1 fully saturated rings. The van der Waals surface area contributed by atoms with Crippen LogP contribution in [0.4, 0.5) is 4.79 Å². The molecule has 1 saturated heterocycles. The summed E-state index contributed by atoms with van der Waals surface area (Å²) in [6, 6.07) is 7.87. The smallest absolute Gasteiger partial charge is 0.317 e. The van der Waals surface area contributed by atoms with Gasteiger partial charge in [0.05, 0.1) is 26.7 Å². The number of rotatable bonds is 5. The Balaban J connectivity index is 1.37. The average molecular weight is 444 g/mol. The Morgan fingerprint density at radius 3 is 2.61 bits per heavy atom. The highest BCUT2D eigenvalue weighted by Gasteiger charge is 2.33. The molecular weight excluding hydrogens is 414 g/mol. The summed E-state index contributed by atoms with van der Waals surface area (Å²) in [4.78, 5) is 30.7. The molecule has 31 heavy (non-hydrogen) atoms. The van der Waals surface area contributed by atoms with Crippen molar-refractivity contribution in [2.45, 2.75) is 32.4 Å². The zero-order valence-corrected chi connectivity index (χ0v) is 18.9. The molecule has 1 atom stereocenters. The first-order chi connectivity index (χ1) is 15.1. The largest absolute Gasteiger partial charge is 0.493 e. The lowest BCUT2D eigenvalue weighted by Gasteiger charge is -2.36. The maximum atomic E-state index is 13.3. The molecule has 0 spiro atoms. The number of hydrogen-bond acceptors (Lipinski definition) is 5. The fraction of sp³-hybridized carbons (Fsp3) is 0.478. The third-order valence-corrected chi connectivity index (χ3v) is 6.96. The number of hydrogen-bond donors (Lipinski definition) is 1. The summed E-state index contributed by atoms with van der Waals surface area (Å²) < 4.78 is 10.8. The number of piperidine rings is 1. The summed E-state index contributed by atoms with van der Waals surface area (Å²) in [6.45, 7) is 2.95. The van der Waals surface area contributed by atoms with Gasteiger partial charge in [-0.3, -0.25) is 4.79 Å². The molecule has 0 bridgehead atoms. The van der Waals surface area contributed by atoms with Crippen molar-refractivity contribution in [2.75, 3.05) is 33.9 Å². The third kappa shape index (κ3) is 4.79. The normalized spacial score (nSPS) is 18.3. The van der Waals surface area contributed by atoms with Crippen LogP contribution in [-0.2, 0) is 24.3 Å². The van der Waals surface area contributed by atoms with Crippen LogP contribution in [0.15, 0.2) is 29.6 Å². The number of benzene rings is 1. The molecule has 0 saturated carbocycles. The van der Waals surface area contributed by atoms with Crippen LogP contribution in [0.1, 0.15) is 28.8 Å².